The van der Waals surface area contributed by atoms with Crippen molar-refractivity contribution in [3.63, 3.8) is 0 Å². The fourth-order valence-corrected chi connectivity index (χ4v) is 4.30. The molecule has 1 rings (SSSR count). The second-order valence-corrected chi connectivity index (χ2v) is 10.1. The van der Waals surface area contributed by atoms with Crippen molar-refractivity contribution < 1.29 is 4.79 Å². The lowest BCUT2D eigenvalue weighted by molar-refractivity contribution is -0.132. The molecule has 0 heterocycles. The van der Waals surface area contributed by atoms with Crippen molar-refractivity contribution in [2.24, 2.45) is 0 Å². The van der Waals surface area contributed by atoms with Crippen molar-refractivity contribution in [3.8, 4) is 0 Å². The summed E-state index contributed by atoms with van der Waals surface area (Å²) in [6.07, 6.45) is 17.4. The van der Waals surface area contributed by atoms with Gasteiger partial charge in [0.1, 0.15) is 0 Å². The number of alkyl halides is 2. The van der Waals surface area contributed by atoms with Crippen LogP contribution in [-0.4, -0.2) is 21.7 Å². The van der Waals surface area contributed by atoms with Crippen LogP contribution >= 0.6 is 34.8 Å². The molecule has 0 aliphatic heterocycles. The van der Waals surface area contributed by atoms with E-state index in [0.29, 0.717) is 19.5 Å². The van der Waals surface area contributed by atoms with Gasteiger partial charge in [0.25, 0.3) is 5.91 Å². The van der Waals surface area contributed by atoms with E-state index >= 15 is 0 Å². The summed E-state index contributed by atoms with van der Waals surface area (Å²) in [7, 11) is 0. The van der Waals surface area contributed by atoms with E-state index in [2.05, 4.69) is 6.92 Å². The SMILES string of the molecule is CCCCCCCCCCCCCCC(Cl)(Cl)C(=O)N(C/C=C\Cl)Cc1ccccc1. The molecule has 176 valence electrons. The van der Waals surface area contributed by atoms with Crippen molar-refractivity contribution in [2.45, 2.75) is 101 Å². The van der Waals surface area contributed by atoms with Crippen LogP contribution in [0.2, 0.25) is 0 Å². The van der Waals surface area contributed by atoms with Crippen LogP contribution in [0, 0.1) is 0 Å². The Morgan fingerprint density at radius 2 is 1.39 bits per heavy atom. The van der Waals surface area contributed by atoms with Crippen LogP contribution in [0.1, 0.15) is 96.0 Å². The van der Waals surface area contributed by atoms with Crippen LogP contribution in [-0.2, 0) is 11.3 Å². The van der Waals surface area contributed by atoms with Crippen molar-refractivity contribution in [3.05, 3.63) is 47.5 Å². The lowest BCUT2D eigenvalue weighted by atomic mass is 10.0. The van der Waals surface area contributed by atoms with Gasteiger partial charge in [-0.2, -0.15) is 0 Å². The molecule has 0 saturated carbocycles. The Kier molecular flexibility index (Phi) is 16.3. The maximum Gasteiger partial charge on any atom is 0.259 e. The Labute approximate surface area is 205 Å². The van der Waals surface area contributed by atoms with E-state index in [-0.39, 0.29) is 5.91 Å². The molecule has 0 fully saturated rings. The van der Waals surface area contributed by atoms with Gasteiger partial charge in [0, 0.05) is 18.6 Å². The van der Waals surface area contributed by atoms with Gasteiger partial charge in [-0.3, -0.25) is 4.79 Å². The third kappa shape index (κ3) is 13.4. The molecule has 0 saturated heterocycles. The fraction of sp³-hybridized carbons (Fsp3) is 0.654. The number of carbonyl (C=O) groups excluding carboxylic acids is 1. The van der Waals surface area contributed by atoms with Gasteiger partial charge in [0.15, 0.2) is 4.33 Å². The minimum atomic E-state index is -1.40. The van der Waals surface area contributed by atoms with Crippen LogP contribution in [0.3, 0.4) is 0 Å². The van der Waals surface area contributed by atoms with E-state index in [4.69, 9.17) is 34.8 Å². The molecule has 0 aromatic heterocycles. The van der Waals surface area contributed by atoms with Crippen molar-refractivity contribution in [2.75, 3.05) is 6.54 Å². The molecule has 0 N–H and O–H groups in total. The second kappa shape index (κ2) is 17.8. The molecular formula is C26H40Cl3NO. The lowest BCUT2D eigenvalue weighted by Crippen LogP contribution is -2.42. The van der Waals surface area contributed by atoms with Gasteiger partial charge >= 0.3 is 0 Å². The van der Waals surface area contributed by atoms with Gasteiger partial charge < -0.3 is 4.90 Å². The first-order valence-electron chi connectivity index (χ1n) is 12.0. The third-order valence-corrected chi connectivity index (χ3v) is 6.46. The molecule has 0 bridgehead atoms. The monoisotopic (exact) mass is 487 g/mol. The highest BCUT2D eigenvalue weighted by molar-refractivity contribution is 6.58. The third-order valence-electron chi connectivity index (χ3n) is 5.58. The summed E-state index contributed by atoms with van der Waals surface area (Å²) < 4.78 is -1.40. The predicted molar refractivity (Wildman–Crippen MR) is 137 cm³/mol. The normalized spacial score (nSPS) is 11.9. The van der Waals surface area contributed by atoms with Crippen LogP contribution in [0.4, 0.5) is 0 Å². The molecule has 0 atom stereocenters. The average molecular weight is 489 g/mol. The number of nitrogens with zero attached hydrogens (tertiary/aromatic N) is 1. The molecule has 0 aliphatic rings. The summed E-state index contributed by atoms with van der Waals surface area (Å²) >= 11 is 18.6. The van der Waals surface area contributed by atoms with E-state index in [1.165, 1.54) is 69.7 Å². The summed E-state index contributed by atoms with van der Waals surface area (Å²) in [5.74, 6) is -0.252. The van der Waals surface area contributed by atoms with Crippen molar-refractivity contribution in [1.29, 1.82) is 0 Å². The first kappa shape index (κ1) is 28.3. The Balaban J connectivity index is 2.28. The standard InChI is InChI=1S/C26H40Cl3NO/c1-2-3-4-5-6-7-8-9-10-11-12-16-20-26(28,29)25(31)30(22-17-21-27)23-24-18-14-13-15-19-24/h13-15,17-19,21H,2-12,16,20,22-23H2,1H3/b21-17-. The van der Waals surface area contributed by atoms with E-state index in [9.17, 15) is 4.79 Å². The van der Waals surface area contributed by atoms with E-state index in [1.54, 1.807) is 11.0 Å². The van der Waals surface area contributed by atoms with E-state index < -0.39 is 4.33 Å². The zero-order valence-corrected chi connectivity index (χ0v) is 21.4. The average Bonchev–Trinajstić information content (AvgIpc) is 2.77. The highest BCUT2D eigenvalue weighted by atomic mass is 35.5. The number of carbonyl (C=O) groups is 1. The van der Waals surface area contributed by atoms with Gasteiger partial charge in [0.05, 0.1) is 0 Å². The minimum absolute atomic E-state index is 0.252. The van der Waals surface area contributed by atoms with Gasteiger partial charge in [-0.25, -0.2) is 0 Å². The summed E-state index contributed by atoms with van der Waals surface area (Å²) in [6, 6.07) is 9.84. The number of hydrogen-bond donors (Lipinski definition) is 0. The molecule has 0 radical (unpaired) electrons. The van der Waals surface area contributed by atoms with Gasteiger partial charge in [-0.15, -0.1) is 0 Å². The molecule has 5 heteroatoms. The summed E-state index contributed by atoms with van der Waals surface area (Å²) in [5, 5.41) is 0. The van der Waals surface area contributed by atoms with Gasteiger partial charge in [-0.05, 0) is 18.4 Å². The molecule has 0 spiro atoms. The maximum atomic E-state index is 13.0. The zero-order valence-electron chi connectivity index (χ0n) is 19.1. The maximum absolute atomic E-state index is 13.0. The fourth-order valence-electron chi connectivity index (χ4n) is 3.72. The zero-order chi connectivity index (χ0) is 22.8. The number of halogens is 3. The molecule has 31 heavy (non-hydrogen) atoms. The Morgan fingerprint density at radius 3 is 1.90 bits per heavy atom. The summed E-state index contributed by atoms with van der Waals surface area (Å²) in [5.41, 5.74) is 2.45. The van der Waals surface area contributed by atoms with Crippen LogP contribution in [0.5, 0.6) is 0 Å². The number of benzene rings is 1. The minimum Gasteiger partial charge on any atom is -0.332 e. The molecule has 0 aliphatic carbocycles. The first-order chi connectivity index (χ1) is 15.0. The summed E-state index contributed by atoms with van der Waals surface area (Å²) in [4.78, 5) is 14.7. The topological polar surface area (TPSA) is 20.3 Å². The van der Waals surface area contributed by atoms with Crippen molar-refractivity contribution >= 4 is 40.7 Å². The van der Waals surface area contributed by atoms with Crippen LogP contribution in [0.25, 0.3) is 0 Å². The van der Waals surface area contributed by atoms with Gasteiger partial charge in [0.2, 0.25) is 0 Å². The summed E-state index contributed by atoms with van der Waals surface area (Å²) in [6.45, 7) is 3.10. The molecule has 1 aromatic rings. The highest BCUT2D eigenvalue weighted by Crippen LogP contribution is 2.31. The number of hydrogen-bond acceptors (Lipinski definition) is 1. The highest BCUT2D eigenvalue weighted by Gasteiger charge is 2.36. The number of unbranched alkanes of at least 4 members (excludes halogenated alkanes) is 11. The Hall–Kier alpha value is -0.700. The quantitative estimate of drug-likeness (QED) is 0.149. The smallest absolute Gasteiger partial charge is 0.259 e. The van der Waals surface area contributed by atoms with E-state index in [0.717, 1.165) is 18.4 Å². The van der Waals surface area contributed by atoms with Crippen LogP contribution < -0.4 is 0 Å². The molecule has 1 aromatic carbocycles. The number of amides is 1. The Bertz CT molecular complexity index is 604. The first-order valence-corrected chi connectivity index (χ1v) is 13.2. The lowest BCUT2D eigenvalue weighted by Gasteiger charge is -2.28. The molecular weight excluding hydrogens is 449 g/mol. The Morgan fingerprint density at radius 1 is 0.871 bits per heavy atom. The largest absolute Gasteiger partial charge is 0.332 e. The van der Waals surface area contributed by atoms with Crippen molar-refractivity contribution in [1.82, 2.24) is 4.90 Å². The number of rotatable bonds is 18. The predicted octanol–water partition coefficient (Wildman–Crippen LogP) is 9.03. The van der Waals surface area contributed by atoms with Crippen LogP contribution in [0.15, 0.2) is 41.9 Å². The molecule has 1 amide bonds. The second-order valence-electron chi connectivity index (χ2n) is 8.38. The van der Waals surface area contributed by atoms with E-state index in [1.807, 2.05) is 30.3 Å². The van der Waals surface area contributed by atoms with Gasteiger partial charge in [-0.1, -0.05) is 149 Å². The molecule has 2 nitrogen and oxygen atoms in total. The molecule has 0 unspecified atom stereocenters.